The van der Waals surface area contributed by atoms with Crippen molar-refractivity contribution in [2.75, 3.05) is 19.6 Å². The molecular formula is C7H15Cl4N3. The molecule has 7 heteroatoms. The van der Waals surface area contributed by atoms with Crippen molar-refractivity contribution in [1.29, 1.82) is 0 Å². The summed E-state index contributed by atoms with van der Waals surface area (Å²) in [5.41, 5.74) is 5.34. The van der Waals surface area contributed by atoms with Crippen LogP contribution in [0.3, 0.4) is 0 Å². The second-order valence-electron chi connectivity index (χ2n) is 2.89. The van der Waals surface area contributed by atoms with Crippen molar-refractivity contribution < 1.29 is 0 Å². The first-order valence-corrected chi connectivity index (χ1v) is 5.84. The Bertz CT molecular complexity index is 143. The summed E-state index contributed by atoms with van der Waals surface area (Å²) in [7, 11) is 0. The molecule has 3 N–H and O–H groups in total. The summed E-state index contributed by atoms with van der Waals surface area (Å²) in [6.45, 7) is 2.27. The van der Waals surface area contributed by atoms with Crippen molar-refractivity contribution in [2.24, 2.45) is 5.73 Å². The van der Waals surface area contributed by atoms with Gasteiger partial charge in [0.2, 0.25) is 0 Å². The fourth-order valence-corrected chi connectivity index (χ4v) is 1.20. The number of hydrogen-bond acceptors (Lipinski definition) is 3. The van der Waals surface area contributed by atoms with Crippen LogP contribution in [0, 0.1) is 0 Å². The number of hydrogen-bond donors (Lipinski definition) is 2. The topological polar surface area (TPSA) is 41.3 Å². The van der Waals surface area contributed by atoms with Gasteiger partial charge in [0.15, 0.2) is 4.46 Å². The van der Waals surface area contributed by atoms with E-state index in [0.29, 0.717) is 19.5 Å². The van der Waals surface area contributed by atoms with Crippen LogP contribution < -0.4 is 11.1 Å². The fourth-order valence-electron chi connectivity index (χ4n) is 0.843. The van der Waals surface area contributed by atoms with Crippen molar-refractivity contribution >= 4 is 46.8 Å². The van der Waals surface area contributed by atoms with Crippen LogP contribution in [0.5, 0.6) is 0 Å². The van der Waals surface area contributed by atoms with Gasteiger partial charge in [-0.15, -0.1) is 0 Å². The van der Waals surface area contributed by atoms with Crippen molar-refractivity contribution in [3.63, 3.8) is 0 Å². The highest BCUT2D eigenvalue weighted by Gasteiger charge is 2.29. The van der Waals surface area contributed by atoms with Crippen LogP contribution in [0.15, 0.2) is 0 Å². The lowest BCUT2D eigenvalue weighted by molar-refractivity contribution is 0.499. The maximum Gasteiger partial charge on any atom is 0.199 e. The third kappa shape index (κ3) is 7.35. The van der Waals surface area contributed by atoms with Gasteiger partial charge in [0.1, 0.15) is 0 Å². The molecule has 3 nitrogen and oxygen atoms in total. The Balaban J connectivity index is 3.35. The molecular weight excluding hydrogens is 268 g/mol. The first kappa shape index (κ1) is 15.0. The Labute approximate surface area is 105 Å². The largest absolute Gasteiger partial charge is 0.330 e. The molecule has 0 fully saturated rings. The highest BCUT2D eigenvalue weighted by molar-refractivity contribution is 6.53. The van der Waals surface area contributed by atoms with Gasteiger partial charge in [0.05, 0.1) is 0 Å². The molecule has 14 heavy (non-hydrogen) atoms. The van der Waals surface area contributed by atoms with Gasteiger partial charge in [0, 0.05) is 6.42 Å². The Kier molecular flexibility index (Phi) is 8.83. The highest BCUT2D eigenvalue weighted by Crippen LogP contribution is 2.32. The fraction of sp³-hybridized carbons (Fsp3) is 1.00. The summed E-state index contributed by atoms with van der Waals surface area (Å²) in [6.07, 6.45) is 2.50. The molecule has 0 aromatic rings. The van der Waals surface area contributed by atoms with Crippen molar-refractivity contribution in [2.45, 2.75) is 23.7 Å². The minimum absolute atomic E-state index is 0.450. The molecule has 0 saturated carbocycles. The smallest absolute Gasteiger partial charge is 0.199 e. The molecule has 0 saturated heterocycles. The number of nitrogens with two attached hydrogens (primary N) is 1. The molecule has 0 unspecified atom stereocenters. The highest BCUT2D eigenvalue weighted by atomic mass is 35.6. The first-order valence-electron chi connectivity index (χ1n) is 4.41. The van der Waals surface area contributed by atoms with Gasteiger partial charge in [-0.3, -0.25) is 0 Å². The summed E-state index contributed by atoms with van der Waals surface area (Å²) in [5.74, 6) is 0. The third-order valence-electron chi connectivity index (χ3n) is 1.66. The lowest BCUT2D eigenvalue weighted by atomic mass is 10.3. The Morgan fingerprint density at radius 2 is 1.79 bits per heavy atom. The average Bonchev–Trinajstić information content (AvgIpc) is 2.10. The summed E-state index contributed by atoms with van der Waals surface area (Å²) in [5, 5.41) is 3.16. The maximum atomic E-state index is 5.78. The molecule has 0 radical (unpaired) electrons. The van der Waals surface area contributed by atoms with E-state index in [1.54, 1.807) is 0 Å². The maximum absolute atomic E-state index is 5.78. The summed E-state index contributed by atoms with van der Waals surface area (Å²) < 4.78 is -0.484. The minimum atomic E-state index is -1.23. The zero-order valence-corrected chi connectivity index (χ0v) is 10.8. The van der Waals surface area contributed by atoms with Crippen LogP contribution >= 0.6 is 46.8 Å². The van der Waals surface area contributed by atoms with Crippen LogP contribution in [0.4, 0.5) is 0 Å². The summed E-state index contributed by atoms with van der Waals surface area (Å²) in [6, 6.07) is 0. The van der Waals surface area contributed by atoms with E-state index in [1.807, 2.05) is 0 Å². The van der Waals surface area contributed by atoms with Gasteiger partial charge in [-0.25, -0.2) is 0 Å². The number of unbranched alkanes of at least 4 members (excludes halogenated alkanes) is 1. The molecule has 0 aliphatic carbocycles. The summed E-state index contributed by atoms with van der Waals surface area (Å²) >= 11 is 22.4. The summed E-state index contributed by atoms with van der Waals surface area (Å²) in [4.78, 5) is 0. The minimum Gasteiger partial charge on any atom is -0.330 e. The Morgan fingerprint density at radius 1 is 1.14 bits per heavy atom. The van der Waals surface area contributed by atoms with E-state index >= 15 is 0 Å². The lowest BCUT2D eigenvalue weighted by Gasteiger charge is -2.21. The molecule has 0 aliphatic heterocycles. The quantitative estimate of drug-likeness (QED) is 0.311. The van der Waals surface area contributed by atoms with Crippen LogP contribution in [0.1, 0.15) is 19.3 Å². The van der Waals surface area contributed by atoms with E-state index in [2.05, 4.69) is 5.32 Å². The van der Waals surface area contributed by atoms with Crippen molar-refractivity contribution in [3.8, 4) is 0 Å². The predicted molar refractivity (Wildman–Crippen MR) is 63.8 cm³/mol. The number of alkyl halides is 2. The van der Waals surface area contributed by atoms with Gasteiger partial charge in [-0.05, 0) is 56.0 Å². The van der Waals surface area contributed by atoms with E-state index < -0.39 is 4.46 Å². The number of rotatable bonds is 8. The van der Waals surface area contributed by atoms with Crippen molar-refractivity contribution in [1.82, 2.24) is 9.25 Å². The Morgan fingerprint density at radius 3 is 2.29 bits per heavy atom. The number of halogens is 4. The van der Waals surface area contributed by atoms with E-state index in [0.717, 1.165) is 23.3 Å². The van der Waals surface area contributed by atoms with Gasteiger partial charge in [0.25, 0.3) is 0 Å². The van der Waals surface area contributed by atoms with Crippen LogP contribution in [-0.4, -0.2) is 28.0 Å². The Hall–Kier alpha value is 1.04. The molecule has 0 amide bonds. The third-order valence-corrected chi connectivity index (χ3v) is 3.30. The normalized spacial score (nSPS) is 12.4. The molecule has 86 valence electrons. The second kappa shape index (κ2) is 8.22. The molecule has 0 heterocycles. The molecule has 0 spiro atoms. The lowest BCUT2D eigenvalue weighted by Crippen LogP contribution is -2.30. The molecule has 0 atom stereocenters. The molecule has 0 rings (SSSR count). The van der Waals surface area contributed by atoms with Crippen LogP contribution in [-0.2, 0) is 0 Å². The molecule has 0 bridgehead atoms. The zero-order valence-electron chi connectivity index (χ0n) is 7.78. The monoisotopic (exact) mass is 281 g/mol. The predicted octanol–water partition coefficient (Wildman–Crippen LogP) is 2.45. The van der Waals surface area contributed by atoms with E-state index in [-0.39, 0.29) is 0 Å². The standard InChI is InChI=1S/C7H15Cl4N3/c8-7(9,14(10)11)3-6-13-5-2-1-4-12/h13H,1-6,12H2. The van der Waals surface area contributed by atoms with Gasteiger partial charge >= 0.3 is 0 Å². The molecule has 0 aromatic heterocycles. The SMILES string of the molecule is NCCCCNCCC(Cl)(Cl)N(Cl)Cl. The van der Waals surface area contributed by atoms with Crippen LogP contribution in [0.2, 0.25) is 0 Å². The van der Waals surface area contributed by atoms with Gasteiger partial charge < -0.3 is 11.1 Å². The van der Waals surface area contributed by atoms with E-state index in [4.69, 9.17) is 52.5 Å². The molecule has 0 aromatic carbocycles. The number of nitrogens with one attached hydrogen (secondary N) is 1. The van der Waals surface area contributed by atoms with Gasteiger partial charge in [-0.2, -0.15) is 0 Å². The zero-order chi connectivity index (χ0) is 11.0. The second-order valence-corrected chi connectivity index (χ2v) is 5.19. The van der Waals surface area contributed by atoms with Crippen molar-refractivity contribution in [3.05, 3.63) is 0 Å². The average molecular weight is 283 g/mol. The van der Waals surface area contributed by atoms with Crippen LogP contribution in [0.25, 0.3) is 0 Å². The van der Waals surface area contributed by atoms with E-state index in [1.165, 1.54) is 0 Å². The molecule has 0 aliphatic rings. The first-order chi connectivity index (χ1) is 6.50. The van der Waals surface area contributed by atoms with Gasteiger partial charge in [-0.1, -0.05) is 27.1 Å². The number of nitrogens with zero attached hydrogens (tertiary/aromatic N) is 1. The van der Waals surface area contributed by atoms with E-state index in [9.17, 15) is 0 Å².